The zero-order valence-electron chi connectivity index (χ0n) is 12.2. The number of carbonyl (C=O) groups excluding carboxylic acids is 3. The molecule has 0 saturated heterocycles. The normalized spacial score (nSPS) is 10.4. The second kappa shape index (κ2) is 6.88. The van der Waals surface area contributed by atoms with Crippen molar-refractivity contribution in [2.24, 2.45) is 0 Å². The molecular weight excluding hydrogens is 260 g/mol. The van der Waals surface area contributed by atoms with Crippen molar-refractivity contribution in [1.29, 1.82) is 0 Å². The first-order valence-corrected chi connectivity index (χ1v) is 6.52. The van der Waals surface area contributed by atoms with Crippen LogP contribution in [0.1, 0.15) is 48.5 Å². The second-order valence-corrected chi connectivity index (χ2v) is 4.69. The molecule has 0 unspecified atom stereocenters. The third-order valence-electron chi connectivity index (χ3n) is 2.81. The summed E-state index contributed by atoms with van der Waals surface area (Å²) in [5.74, 6) is -0.907. The average Bonchev–Trinajstić information content (AvgIpc) is 2.84. The highest BCUT2D eigenvalue weighted by Crippen LogP contribution is 2.10. The van der Waals surface area contributed by atoms with Crippen LogP contribution in [0.5, 0.6) is 0 Å². The molecule has 1 heterocycles. The number of ether oxygens (including phenoxy) is 1. The maximum atomic E-state index is 12.3. The first-order chi connectivity index (χ1) is 9.36. The molecule has 0 aliphatic rings. The Morgan fingerprint density at radius 1 is 1.35 bits per heavy atom. The van der Waals surface area contributed by atoms with Crippen molar-refractivity contribution >= 4 is 17.7 Å². The fourth-order valence-electron chi connectivity index (χ4n) is 1.71. The highest BCUT2D eigenvalue weighted by Gasteiger charge is 2.23. The lowest BCUT2D eigenvalue weighted by Crippen LogP contribution is -2.41. The summed E-state index contributed by atoms with van der Waals surface area (Å²) >= 11 is 0. The van der Waals surface area contributed by atoms with Gasteiger partial charge in [-0.1, -0.05) is 0 Å². The minimum Gasteiger partial charge on any atom is -0.465 e. The summed E-state index contributed by atoms with van der Waals surface area (Å²) in [5, 5.41) is 0. The van der Waals surface area contributed by atoms with Crippen molar-refractivity contribution in [3.8, 4) is 0 Å². The summed E-state index contributed by atoms with van der Waals surface area (Å²) in [5.41, 5.74) is 0.724. The largest absolute Gasteiger partial charge is 0.465 e. The molecule has 6 nitrogen and oxygen atoms in total. The van der Waals surface area contributed by atoms with Gasteiger partial charge in [0.2, 0.25) is 0 Å². The number of hydrogen-bond donors (Lipinski definition) is 1. The Hall–Kier alpha value is -2.11. The van der Waals surface area contributed by atoms with Gasteiger partial charge in [0.25, 0.3) is 5.91 Å². The summed E-state index contributed by atoms with van der Waals surface area (Å²) in [6.45, 7) is 6.92. The van der Waals surface area contributed by atoms with E-state index >= 15 is 0 Å². The van der Waals surface area contributed by atoms with Crippen LogP contribution in [0, 0.1) is 0 Å². The van der Waals surface area contributed by atoms with Crippen LogP contribution in [0.4, 0.5) is 0 Å². The Bertz CT molecular complexity index is 505. The fourth-order valence-corrected chi connectivity index (χ4v) is 1.71. The molecular formula is C14H20N2O4. The van der Waals surface area contributed by atoms with Crippen molar-refractivity contribution in [2.75, 3.05) is 13.2 Å². The van der Waals surface area contributed by atoms with Crippen molar-refractivity contribution < 1.29 is 19.1 Å². The van der Waals surface area contributed by atoms with Gasteiger partial charge in [0.05, 0.1) is 6.61 Å². The molecule has 20 heavy (non-hydrogen) atoms. The molecule has 6 heteroatoms. The molecule has 1 rings (SSSR count). The van der Waals surface area contributed by atoms with Gasteiger partial charge >= 0.3 is 5.97 Å². The first-order valence-electron chi connectivity index (χ1n) is 6.52. The number of nitrogens with zero attached hydrogens (tertiary/aromatic N) is 1. The van der Waals surface area contributed by atoms with E-state index in [4.69, 9.17) is 4.74 Å². The van der Waals surface area contributed by atoms with Gasteiger partial charge in [0, 0.05) is 17.8 Å². The minimum absolute atomic E-state index is 0.112. The van der Waals surface area contributed by atoms with Crippen LogP contribution in [-0.2, 0) is 9.53 Å². The number of rotatable bonds is 6. The van der Waals surface area contributed by atoms with E-state index < -0.39 is 5.97 Å². The molecule has 1 aromatic heterocycles. The van der Waals surface area contributed by atoms with Crippen molar-refractivity contribution in [2.45, 2.75) is 33.7 Å². The van der Waals surface area contributed by atoms with E-state index in [0.717, 1.165) is 0 Å². The molecule has 0 fully saturated rings. The number of carbonyl (C=O) groups is 3. The lowest BCUT2D eigenvalue weighted by molar-refractivity contribution is -0.144. The predicted octanol–water partition coefficient (Wildman–Crippen LogP) is 1.63. The van der Waals surface area contributed by atoms with Crippen LogP contribution < -0.4 is 0 Å². The Morgan fingerprint density at radius 3 is 2.45 bits per heavy atom. The van der Waals surface area contributed by atoms with Crippen LogP contribution in [0.15, 0.2) is 12.3 Å². The van der Waals surface area contributed by atoms with Crippen LogP contribution in [0.2, 0.25) is 0 Å². The number of aromatic amines is 1. The molecule has 0 saturated carbocycles. The molecule has 0 aromatic carbocycles. The molecule has 110 valence electrons. The summed E-state index contributed by atoms with van der Waals surface area (Å²) in [6, 6.07) is 1.33. The van der Waals surface area contributed by atoms with Crippen LogP contribution in [0.25, 0.3) is 0 Å². The second-order valence-electron chi connectivity index (χ2n) is 4.69. The molecule has 0 spiro atoms. The van der Waals surface area contributed by atoms with E-state index in [1.807, 2.05) is 13.8 Å². The van der Waals surface area contributed by atoms with Crippen LogP contribution >= 0.6 is 0 Å². The molecule has 1 aromatic rings. The van der Waals surface area contributed by atoms with Gasteiger partial charge < -0.3 is 14.6 Å². The Balaban J connectivity index is 2.87. The van der Waals surface area contributed by atoms with Gasteiger partial charge in [-0.15, -0.1) is 0 Å². The molecule has 0 bridgehead atoms. The Morgan fingerprint density at radius 2 is 2.00 bits per heavy atom. The van der Waals surface area contributed by atoms with E-state index in [0.29, 0.717) is 5.56 Å². The topological polar surface area (TPSA) is 79.5 Å². The fraction of sp³-hybridized carbons (Fsp3) is 0.500. The highest BCUT2D eigenvalue weighted by atomic mass is 16.5. The Labute approximate surface area is 118 Å². The standard InChI is InChI=1S/C14H20N2O4/c1-5-20-13(18)8-16(9(2)3)14(19)12-6-11(7-15-12)10(4)17/h6-7,9,15H,5,8H2,1-4H3. The highest BCUT2D eigenvalue weighted by molar-refractivity contribution is 5.99. The predicted molar refractivity (Wildman–Crippen MR) is 73.6 cm³/mol. The van der Waals surface area contributed by atoms with Crippen molar-refractivity contribution in [3.05, 3.63) is 23.5 Å². The van der Waals surface area contributed by atoms with E-state index in [-0.39, 0.29) is 36.6 Å². The summed E-state index contributed by atoms with van der Waals surface area (Å²) < 4.78 is 4.85. The van der Waals surface area contributed by atoms with Gasteiger partial charge in [-0.05, 0) is 33.8 Å². The van der Waals surface area contributed by atoms with E-state index in [1.165, 1.54) is 24.1 Å². The summed E-state index contributed by atoms with van der Waals surface area (Å²) in [4.78, 5) is 39.3. The van der Waals surface area contributed by atoms with Gasteiger partial charge in [-0.2, -0.15) is 0 Å². The quantitative estimate of drug-likeness (QED) is 0.634. The zero-order valence-corrected chi connectivity index (χ0v) is 12.2. The molecule has 1 amide bonds. The summed E-state index contributed by atoms with van der Waals surface area (Å²) in [7, 11) is 0. The number of Topliss-reactive ketones (excluding diaryl/α,β-unsaturated/α-hetero) is 1. The molecule has 0 aliphatic carbocycles. The summed E-state index contributed by atoms with van der Waals surface area (Å²) in [6.07, 6.45) is 1.48. The molecule has 1 N–H and O–H groups in total. The first kappa shape index (κ1) is 15.9. The Kier molecular flexibility index (Phi) is 5.49. The number of hydrogen-bond acceptors (Lipinski definition) is 4. The SMILES string of the molecule is CCOC(=O)CN(C(=O)c1cc(C(C)=O)c[nH]1)C(C)C. The van der Waals surface area contributed by atoms with Crippen LogP contribution in [0.3, 0.4) is 0 Å². The van der Waals surface area contributed by atoms with E-state index in [9.17, 15) is 14.4 Å². The number of H-pyrrole nitrogens is 1. The lowest BCUT2D eigenvalue weighted by atomic mass is 10.2. The number of nitrogens with one attached hydrogen (secondary N) is 1. The molecule has 0 radical (unpaired) electrons. The van der Waals surface area contributed by atoms with Gasteiger partial charge in [-0.25, -0.2) is 0 Å². The average molecular weight is 280 g/mol. The van der Waals surface area contributed by atoms with Gasteiger partial charge in [0.1, 0.15) is 12.2 Å². The number of ketones is 1. The van der Waals surface area contributed by atoms with Gasteiger partial charge in [-0.3, -0.25) is 14.4 Å². The van der Waals surface area contributed by atoms with E-state index in [1.54, 1.807) is 6.92 Å². The number of aromatic nitrogens is 1. The zero-order chi connectivity index (χ0) is 15.3. The minimum atomic E-state index is -0.451. The van der Waals surface area contributed by atoms with Crippen molar-refractivity contribution in [1.82, 2.24) is 9.88 Å². The number of esters is 1. The monoisotopic (exact) mass is 280 g/mol. The maximum Gasteiger partial charge on any atom is 0.325 e. The van der Waals surface area contributed by atoms with Crippen molar-refractivity contribution in [3.63, 3.8) is 0 Å². The smallest absolute Gasteiger partial charge is 0.325 e. The third-order valence-corrected chi connectivity index (χ3v) is 2.81. The lowest BCUT2D eigenvalue weighted by Gasteiger charge is -2.25. The number of amides is 1. The molecule has 0 aliphatic heterocycles. The van der Waals surface area contributed by atoms with E-state index in [2.05, 4.69) is 4.98 Å². The van der Waals surface area contributed by atoms with Crippen LogP contribution in [-0.4, -0.2) is 46.7 Å². The molecule has 0 atom stereocenters. The third kappa shape index (κ3) is 3.94. The van der Waals surface area contributed by atoms with Gasteiger partial charge in [0.15, 0.2) is 5.78 Å². The maximum absolute atomic E-state index is 12.3.